The number of ether oxygens (including phenoxy) is 1. The fourth-order valence-electron chi connectivity index (χ4n) is 1.91. The molecule has 1 aliphatic heterocycles. The Labute approximate surface area is 106 Å². The van der Waals surface area contributed by atoms with Gasteiger partial charge in [0.2, 0.25) is 10.0 Å². The van der Waals surface area contributed by atoms with Crippen molar-refractivity contribution in [1.29, 1.82) is 0 Å². The van der Waals surface area contributed by atoms with Gasteiger partial charge in [-0.25, -0.2) is 13.6 Å². The number of rotatable bonds is 3. The molecule has 0 aromatic heterocycles. The Hall–Kier alpha value is -1.15. The van der Waals surface area contributed by atoms with Gasteiger partial charge in [0, 0.05) is 18.8 Å². The minimum Gasteiger partial charge on any atom is -0.394 e. The molecular formula is C11H16N2O4S. The maximum Gasteiger partial charge on any atom is 0.238 e. The van der Waals surface area contributed by atoms with Crippen LogP contribution in [0.5, 0.6) is 0 Å². The third kappa shape index (κ3) is 2.99. The molecule has 1 heterocycles. The van der Waals surface area contributed by atoms with Crippen LogP contribution in [0, 0.1) is 0 Å². The lowest BCUT2D eigenvalue weighted by Gasteiger charge is -2.33. The topological polar surface area (TPSA) is 92.9 Å². The van der Waals surface area contributed by atoms with Gasteiger partial charge in [0.25, 0.3) is 0 Å². The Morgan fingerprint density at radius 3 is 2.61 bits per heavy atom. The van der Waals surface area contributed by atoms with E-state index < -0.39 is 10.0 Å². The Morgan fingerprint density at radius 1 is 1.39 bits per heavy atom. The van der Waals surface area contributed by atoms with E-state index in [0.29, 0.717) is 19.7 Å². The van der Waals surface area contributed by atoms with Crippen LogP contribution in [0.25, 0.3) is 0 Å². The van der Waals surface area contributed by atoms with Crippen LogP contribution < -0.4 is 10.0 Å². The van der Waals surface area contributed by atoms with Crippen molar-refractivity contribution < 1.29 is 18.3 Å². The maximum atomic E-state index is 11.1. The smallest absolute Gasteiger partial charge is 0.238 e. The monoisotopic (exact) mass is 272 g/mol. The molecule has 3 N–H and O–H groups in total. The highest BCUT2D eigenvalue weighted by molar-refractivity contribution is 7.89. The van der Waals surface area contributed by atoms with Crippen molar-refractivity contribution in [3.05, 3.63) is 24.3 Å². The lowest BCUT2D eigenvalue weighted by Crippen LogP contribution is -2.44. The Balaban J connectivity index is 2.14. The van der Waals surface area contributed by atoms with Gasteiger partial charge in [-0.3, -0.25) is 0 Å². The molecule has 1 unspecified atom stereocenters. The second-order valence-corrected chi connectivity index (χ2v) is 5.72. The van der Waals surface area contributed by atoms with Crippen LogP contribution in [-0.4, -0.2) is 45.9 Å². The first-order valence-electron chi connectivity index (χ1n) is 5.61. The lowest BCUT2D eigenvalue weighted by atomic mass is 10.2. The van der Waals surface area contributed by atoms with E-state index in [1.807, 2.05) is 4.90 Å². The van der Waals surface area contributed by atoms with E-state index in [0.717, 1.165) is 5.69 Å². The van der Waals surface area contributed by atoms with Crippen molar-refractivity contribution in [2.24, 2.45) is 5.14 Å². The molecule has 0 saturated carbocycles. The van der Waals surface area contributed by atoms with Gasteiger partial charge in [0.05, 0.1) is 24.2 Å². The van der Waals surface area contributed by atoms with Crippen molar-refractivity contribution in [2.45, 2.75) is 11.0 Å². The van der Waals surface area contributed by atoms with Crippen LogP contribution in [-0.2, 0) is 14.8 Å². The number of aliphatic hydroxyl groups excluding tert-OH is 1. The van der Waals surface area contributed by atoms with E-state index >= 15 is 0 Å². The molecule has 0 radical (unpaired) electrons. The van der Waals surface area contributed by atoms with E-state index in [4.69, 9.17) is 15.0 Å². The zero-order valence-corrected chi connectivity index (χ0v) is 10.6. The Bertz CT molecular complexity index is 500. The van der Waals surface area contributed by atoms with Gasteiger partial charge in [-0.1, -0.05) is 0 Å². The molecule has 0 amide bonds. The van der Waals surface area contributed by atoms with Crippen molar-refractivity contribution in [1.82, 2.24) is 0 Å². The van der Waals surface area contributed by atoms with Crippen molar-refractivity contribution in [2.75, 3.05) is 31.2 Å². The second kappa shape index (κ2) is 5.23. The number of hydrogen-bond donors (Lipinski definition) is 2. The molecule has 1 fully saturated rings. The van der Waals surface area contributed by atoms with Crippen LogP contribution in [0.4, 0.5) is 5.69 Å². The average molecular weight is 272 g/mol. The van der Waals surface area contributed by atoms with Gasteiger partial charge in [-0.05, 0) is 24.3 Å². The molecule has 1 aromatic carbocycles. The number of anilines is 1. The number of nitrogens with two attached hydrogens (primary N) is 1. The molecule has 1 aliphatic rings. The van der Waals surface area contributed by atoms with Gasteiger partial charge in [-0.2, -0.15) is 0 Å². The normalized spacial score (nSPS) is 21.0. The third-order valence-corrected chi connectivity index (χ3v) is 3.80. The second-order valence-electron chi connectivity index (χ2n) is 4.16. The van der Waals surface area contributed by atoms with Crippen molar-refractivity contribution in [3.63, 3.8) is 0 Å². The van der Waals surface area contributed by atoms with E-state index in [2.05, 4.69) is 0 Å². The summed E-state index contributed by atoms with van der Waals surface area (Å²) in [4.78, 5) is 2.13. The third-order valence-electron chi connectivity index (χ3n) is 2.87. The molecule has 1 atom stereocenters. The van der Waals surface area contributed by atoms with E-state index in [1.54, 1.807) is 12.1 Å². The van der Waals surface area contributed by atoms with E-state index in [-0.39, 0.29) is 17.6 Å². The highest BCUT2D eigenvalue weighted by Gasteiger charge is 2.20. The number of morpholine rings is 1. The Morgan fingerprint density at radius 2 is 2.06 bits per heavy atom. The largest absolute Gasteiger partial charge is 0.394 e. The molecule has 0 aliphatic carbocycles. The molecule has 1 aromatic rings. The summed E-state index contributed by atoms with van der Waals surface area (Å²) in [6, 6.07) is 6.38. The van der Waals surface area contributed by atoms with Crippen LogP contribution in [0.2, 0.25) is 0 Å². The first kappa shape index (κ1) is 13.3. The molecule has 100 valence electrons. The number of aliphatic hydroxyl groups is 1. The first-order chi connectivity index (χ1) is 8.50. The molecule has 2 rings (SSSR count). The highest BCUT2D eigenvalue weighted by atomic mass is 32.2. The van der Waals surface area contributed by atoms with Gasteiger partial charge in [-0.15, -0.1) is 0 Å². The summed E-state index contributed by atoms with van der Waals surface area (Å²) >= 11 is 0. The maximum absolute atomic E-state index is 11.1. The SMILES string of the molecule is NS(=O)(=O)c1ccc(N2CCOC(CO)C2)cc1. The average Bonchev–Trinajstić information content (AvgIpc) is 2.38. The van der Waals surface area contributed by atoms with E-state index in [1.165, 1.54) is 12.1 Å². The first-order valence-corrected chi connectivity index (χ1v) is 7.15. The summed E-state index contributed by atoms with van der Waals surface area (Å²) in [5.74, 6) is 0. The number of hydrogen-bond acceptors (Lipinski definition) is 5. The minimum absolute atomic E-state index is 0.0221. The van der Waals surface area contributed by atoms with Crippen molar-refractivity contribution >= 4 is 15.7 Å². The number of benzene rings is 1. The molecular weight excluding hydrogens is 256 g/mol. The lowest BCUT2D eigenvalue weighted by molar-refractivity contribution is 0.00356. The zero-order chi connectivity index (χ0) is 13.2. The number of primary sulfonamides is 1. The van der Waals surface area contributed by atoms with Crippen LogP contribution >= 0.6 is 0 Å². The fourth-order valence-corrected chi connectivity index (χ4v) is 2.43. The summed E-state index contributed by atoms with van der Waals surface area (Å²) in [6.45, 7) is 1.82. The molecule has 18 heavy (non-hydrogen) atoms. The van der Waals surface area contributed by atoms with Gasteiger partial charge >= 0.3 is 0 Å². The number of sulfonamides is 1. The fraction of sp³-hybridized carbons (Fsp3) is 0.455. The predicted molar refractivity (Wildman–Crippen MR) is 66.9 cm³/mol. The quantitative estimate of drug-likeness (QED) is 0.776. The van der Waals surface area contributed by atoms with Gasteiger partial charge in [0.15, 0.2) is 0 Å². The predicted octanol–water partition coefficient (Wildman–Crippen LogP) is -0.468. The molecule has 0 spiro atoms. The van der Waals surface area contributed by atoms with Gasteiger partial charge in [0.1, 0.15) is 0 Å². The summed E-state index contributed by atoms with van der Waals surface area (Å²) in [6.07, 6.45) is -0.198. The molecule has 6 nitrogen and oxygen atoms in total. The summed E-state index contributed by atoms with van der Waals surface area (Å²) in [5.41, 5.74) is 0.893. The van der Waals surface area contributed by atoms with Crippen LogP contribution in [0.3, 0.4) is 0 Å². The summed E-state index contributed by atoms with van der Waals surface area (Å²) in [5, 5.41) is 14.1. The Kier molecular flexibility index (Phi) is 3.86. The standard InChI is InChI=1S/C11H16N2O4S/c12-18(15,16)11-3-1-9(2-4-11)13-5-6-17-10(7-13)8-14/h1-4,10,14H,5-8H2,(H2,12,15,16). The molecule has 0 bridgehead atoms. The van der Waals surface area contributed by atoms with Crippen LogP contribution in [0.15, 0.2) is 29.2 Å². The molecule has 7 heteroatoms. The van der Waals surface area contributed by atoms with Gasteiger partial charge < -0.3 is 14.7 Å². The zero-order valence-electron chi connectivity index (χ0n) is 9.82. The summed E-state index contributed by atoms with van der Waals surface area (Å²) < 4.78 is 27.6. The van der Waals surface area contributed by atoms with Crippen LogP contribution in [0.1, 0.15) is 0 Å². The highest BCUT2D eigenvalue weighted by Crippen LogP contribution is 2.19. The minimum atomic E-state index is -3.65. The van der Waals surface area contributed by atoms with E-state index in [9.17, 15) is 8.42 Å². The number of nitrogens with zero attached hydrogens (tertiary/aromatic N) is 1. The summed E-state index contributed by atoms with van der Waals surface area (Å²) in [7, 11) is -3.65. The molecule has 1 saturated heterocycles. The van der Waals surface area contributed by atoms with Crippen molar-refractivity contribution in [3.8, 4) is 0 Å².